The molecule has 4 N–H and O–H groups in total. The first-order chi connectivity index (χ1) is 16.5. The van der Waals surface area contributed by atoms with Gasteiger partial charge in [-0.2, -0.15) is 0 Å². The Balaban J connectivity index is 1.63. The van der Waals surface area contributed by atoms with Crippen LogP contribution in [0.2, 0.25) is 5.02 Å². The third kappa shape index (κ3) is 5.27. The molecule has 2 aromatic rings. The van der Waals surface area contributed by atoms with Gasteiger partial charge in [-0.15, -0.1) is 0 Å². The molecular weight excluding hydrogens is 462 g/mol. The van der Waals surface area contributed by atoms with Gasteiger partial charge in [0, 0.05) is 31.9 Å². The standard InChI is InChI=1S/C22H26ClN7O4/c1-30-7-2-8-34-17-9-13(3-4-15(17)23)26-10-14-18-19(27-12-28-20(18)29-21(14)32)24-5-6-25-22(33)16(30)11-31/h3-4,9-10,12,14,16,31H,2,5-8,11H2,1H3,(H,25,33)(H2,24,27,28,29,32)/t14?,16-/m1/s1. The first-order valence-corrected chi connectivity index (χ1v) is 11.3. The highest BCUT2D eigenvalue weighted by molar-refractivity contribution is 6.32. The fourth-order valence-electron chi connectivity index (χ4n) is 3.80. The number of benzene rings is 1. The topological polar surface area (TPSA) is 141 Å². The third-order valence-electron chi connectivity index (χ3n) is 5.64. The molecule has 2 amide bonds. The van der Waals surface area contributed by atoms with E-state index in [-0.39, 0.29) is 18.4 Å². The summed E-state index contributed by atoms with van der Waals surface area (Å²) >= 11 is 6.27. The fraction of sp³-hybridized carbons (Fsp3) is 0.409. The maximum Gasteiger partial charge on any atom is 0.239 e. The molecule has 0 spiro atoms. The molecule has 1 unspecified atom stereocenters. The van der Waals surface area contributed by atoms with Gasteiger partial charge >= 0.3 is 0 Å². The molecule has 0 saturated carbocycles. The van der Waals surface area contributed by atoms with E-state index in [1.54, 1.807) is 36.4 Å². The van der Waals surface area contributed by atoms with Crippen LogP contribution in [0.3, 0.4) is 0 Å². The number of likely N-dealkylation sites (N-methyl/N-ethyl adjacent to an activating group) is 1. The van der Waals surface area contributed by atoms with E-state index in [1.165, 1.54) is 6.33 Å². The quantitative estimate of drug-likeness (QED) is 0.470. The van der Waals surface area contributed by atoms with Crippen LogP contribution in [0.5, 0.6) is 5.75 Å². The molecule has 1 aromatic carbocycles. The first-order valence-electron chi connectivity index (χ1n) is 10.9. The zero-order chi connectivity index (χ0) is 24.1. The van der Waals surface area contributed by atoms with Crippen molar-refractivity contribution in [3.63, 3.8) is 0 Å². The molecule has 180 valence electrons. The second-order valence-corrected chi connectivity index (χ2v) is 8.35. The Hall–Kier alpha value is -3.28. The molecule has 12 heteroatoms. The largest absolute Gasteiger partial charge is 0.492 e. The first kappa shape index (κ1) is 23.9. The number of hydrogen-bond donors (Lipinski definition) is 4. The van der Waals surface area contributed by atoms with Crippen molar-refractivity contribution in [2.45, 2.75) is 18.4 Å². The smallest absolute Gasteiger partial charge is 0.239 e. The lowest BCUT2D eigenvalue weighted by Gasteiger charge is -2.25. The second-order valence-electron chi connectivity index (χ2n) is 7.94. The SMILES string of the molecule is CN1CCCOc2cc(ccc2Cl)N=CC2C(=O)Nc3ncnc(c32)NCCNC(=O)[C@H]1CO. The molecule has 3 heterocycles. The van der Waals surface area contributed by atoms with Gasteiger partial charge < -0.3 is 25.8 Å². The van der Waals surface area contributed by atoms with Crippen LogP contribution in [-0.2, 0) is 9.59 Å². The highest BCUT2D eigenvalue weighted by Crippen LogP contribution is 2.35. The number of nitrogens with one attached hydrogen (secondary N) is 3. The minimum absolute atomic E-state index is 0.263. The lowest BCUT2D eigenvalue weighted by Crippen LogP contribution is -2.48. The fourth-order valence-corrected chi connectivity index (χ4v) is 3.97. The number of rotatable bonds is 1. The molecule has 11 nitrogen and oxygen atoms in total. The second kappa shape index (κ2) is 10.8. The Morgan fingerprint density at radius 1 is 1.18 bits per heavy atom. The van der Waals surface area contributed by atoms with E-state index in [1.807, 2.05) is 0 Å². The summed E-state index contributed by atoms with van der Waals surface area (Å²) in [5.74, 6) is 0.119. The molecule has 4 rings (SSSR count). The Morgan fingerprint density at radius 2 is 1.97 bits per heavy atom. The maximum atomic E-state index is 12.6. The van der Waals surface area contributed by atoms with Crippen LogP contribution in [0.15, 0.2) is 29.5 Å². The number of aliphatic hydroxyl groups is 1. The van der Waals surface area contributed by atoms with Crippen molar-refractivity contribution in [3.8, 4) is 5.75 Å². The number of carbonyl (C=O) groups is 2. The van der Waals surface area contributed by atoms with Crippen LogP contribution >= 0.6 is 11.6 Å². The van der Waals surface area contributed by atoms with Crippen LogP contribution in [0, 0.1) is 0 Å². The summed E-state index contributed by atoms with van der Waals surface area (Å²) in [4.78, 5) is 39.9. The van der Waals surface area contributed by atoms with Crippen LogP contribution in [-0.4, -0.2) is 83.9 Å². The number of amides is 2. The van der Waals surface area contributed by atoms with Crippen molar-refractivity contribution in [2.24, 2.45) is 4.99 Å². The van der Waals surface area contributed by atoms with Gasteiger partial charge in [0.2, 0.25) is 11.8 Å². The predicted molar refractivity (Wildman–Crippen MR) is 128 cm³/mol. The lowest BCUT2D eigenvalue weighted by atomic mass is 10.0. The van der Waals surface area contributed by atoms with Crippen LogP contribution in [0.4, 0.5) is 17.3 Å². The number of aliphatic imine (C=N–C) groups is 1. The molecule has 0 saturated heterocycles. The molecule has 2 aliphatic heterocycles. The summed E-state index contributed by atoms with van der Waals surface area (Å²) in [5.41, 5.74) is 1.16. The lowest BCUT2D eigenvalue weighted by molar-refractivity contribution is -0.127. The van der Waals surface area contributed by atoms with E-state index in [9.17, 15) is 14.7 Å². The van der Waals surface area contributed by atoms with Crippen LogP contribution in [0.25, 0.3) is 0 Å². The van der Waals surface area contributed by atoms with E-state index >= 15 is 0 Å². The Kier molecular flexibility index (Phi) is 7.56. The molecule has 2 atom stereocenters. The van der Waals surface area contributed by atoms with Gasteiger partial charge in [0.05, 0.1) is 29.5 Å². The molecule has 0 fully saturated rings. The number of ether oxygens (including phenoxy) is 1. The summed E-state index contributed by atoms with van der Waals surface area (Å²) < 4.78 is 5.82. The summed E-state index contributed by atoms with van der Waals surface area (Å²) in [6.07, 6.45) is 3.51. The number of anilines is 2. The van der Waals surface area contributed by atoms with Crippen molar-refractivity contribution in [1.82, 2.24) is 20.2 Å². The Bertz CT molecular complexity index is 1100. The number of hydrogen-bond acceptors (Lipinski definition) is 9. The number of carbonyl (C=O) groups excluding carboxylic acids is 2. The normalized spacial score (nSPS) is 21.7. The zero-order valence-electron chi connectivity index (χ0n) is 18.6. The summed E-state index contributed by atoms with van der Waals surface area (Å²) in [6.45, 7) is 1.26. The van der Waals surface area contributed by atoms with E-state index in [4.69, 9.17) is 16.3 Å². The average Bonchev–Trinajstić information content (AvgIpc) is 3.15. The summed E-state index contributed by atoms with van der Waals surface area (Å²) in [5, 5.41) is 18.9. The van der Waals surface area contributed by atoms with Crippen molar-refractivity contribution in [3.05, 3.63) is 35.1 Å². The van der Waals surface area contributed by atoms with Crippen molar-refractivity contribution >= 4 is 47.0 Å². The Morgan fingerprint density at radius 3 is 2.79 bits per heavy atom. The number of nitrogens with zero attached hydrogens (tertiary/aromatic N) is 4. The van der Waals surface area contributed by atoms with E-state index in [0.717, 1.165) is 0 Å². The molecule has 0 aliphatic carbocycles. The number of halogens is 1. The van der Waals surface area contributed by atoms with Gasteiger partial charge in [0.15, 0.2) is 0 Å². The van der Waals surface area contributed by atoms with E-state index < -0.39 is 12.0 Å². The highest BCUT2D eigenvalue weighted by atomic mass is 35.5. The van der Waals surface area contributed by atoms with E-state index in [0.29, 0.717) is 66.3 Å². The summed E-state index contributed by atoms with van der Waals surface area (Å²) in [6, 6.07) is 4.44. The minimum Gasteiger partial charge on any atom is -0.492 e. The zero-order valence-corrected chi connectivity index (χ0v) is 19.4. The van der Waals surface area contributed by atoms with Gasteiger partial charge in [-0.1, -0.05) is 11.6 Å². The Labute approximate surface area is 201 Å². The van der Waals surface area contributed by atoms with Crippen LogP contribution < -0.4 is 20.7 Å². The summed E-state index contributed by atoms with van der Waals surface area (Å²) in [7, 11) is 1.78. The van der Waals surface area contributed by atoms with Gasteiger partial charge in [-0.3, -0.25) is 19.5 Å². The molecular formula is C22H26ClN7O4. The van der Waals surface area contributed by atoms with Gasteiger partial charge in [-0.25, -0.2) is 9.97 Å². The molecule has 2 aliphatic rings. The van der Waals surface area contributed by atoms with Crippen LogP contribution in [0.1, 0.15) is 17.9 Å². The number of aromatic nitrogens is 2. The minimum atomic E-state index is -0.692. The van der Waals surface area contributed by atoms with Crippen molar-refractivity contribution in [1.29, 1.82) is 0 Å². The molecule has 0 radical (unpaired) electrons. The molecule has 1 aromatic heterocycles. The third-order valence-corrected chi connectivity index (χ3v) is 5.96. The number of aliphatic hydroxyl groups excluding tert-OH is 1. The van der Waals surface area contributed by atoms with Crippen molar-refractivity contribution in [2.75, 3.05) is 50.5 Å². The van der Waals surface area contributed by atoms with Gasteiger partial charge in [0.25, 0.3) is 0 Å². The highest BCUT2D eigenvalue weighted by Gasteiger charge is 2.33. The molecule has 34 heavy (non-hydrogen) atoms. The van der Waals surface area contributed by atoms with Gasteiger partial charge in [-0.05, 0) is 25.6 Å². The van der Waals surface area contributed by atoms with E-state index in [2.05, 4.69) is 30.9 Å². The number of fused-ring (bicyclic) bond motifs is 2. The monoisotopic (exact) mass is 487 g/mol. The van der Waals surface area contributed by atoms with Crippen molar-refractivity contribution < 1.29 is 19.4 Å². The average molecular weight is 488 g/mol. The predicted octanol–water partition coefficient (Wildman–Crippen LogP) is 1.17. The molecule has 2 bridgehead atoms. The maximum absolute atomic E-state index is 12.6. The van der Waals surface area contributed by atoms with Gasteiger partial charge in [0.1, 0.15) is 35.7 Å².